The van der Waals surface area contributed by atoms with Gasteiger partial charge in [-0.25, -0.2) is 0 Å². The summed E-state index contributed by atoms with van der Waals surface area (Å²) >= 11 is 0. The van der Waals surface area contributed by atoms with Gasteiger partial charge in [-0.3, -0.25) is 0 Å². The molecule has 2 nitrogen and oxygen atoms in total. The van der Waals surface area contributed by atoms with E-state index in [0.717, 1.165) is 27.8 Å². The predicted molar refractivity (Wildman–Crippen MR) is 115 cm³/mol. The van der Waals surface area contributed by atoms with Crippen LogP contribution in [-0.4, -0.2) is 10.2 Å². The van der Waals surface area contributed by atoms with Crippen molar-refractivity contribution in [1.82, 2.24) is 0 Å². The first-order chi connectivity index (χ1) is 12.1. The number of hydrogen-bond acceptors (Lipinski definition) is 2. The highest BCUT2D eigenvalue weighted by Gasteiger charge is 2.27. The van der Waals surface area contributed by atoms with Crippen LogP contribution in [0.15, 0.2) is 30.3 Å². The van der Waals surface area contributed by atoms with Gasteiger partial charge in [0, 0.05) is 6.42 Å². The fraction of sp³-hybridized carbons (Fsp3) is 0.520. The molecule has 0 saturated carbocycles. The Morgan fingerprint density at radius 2 is 1.07 bits per heavy atom. The van der Waals surface area contributed by atoms with Crippen LogP contribution in [0.25, 0.3) is 0 Å². The van der Waals surface area contributed by atoms with Gasteiger partial charge in [0.15, 0.2) is 0 Å². The summed E-state index contributed by atoms with van der Waals surface area (Å²) in [5.74, 6) is 0.777. The van der Waals surface area contributed by atoms with Crippen molar-refractivity contribution in [3.63, 3.8) is 0 Å². The molecule has 0 fully saturated rings. The van der Waals surface area contributed by atoms with Gasteiger partial charge in [0.05, 0.1) is 0 Å². The second kappa shape index (κ2) is 6.89. The smallest absolute Gasteiger partial charge is 0.123 e. The summed E-state index contributed by atoms with van der Waals surface area (Å²) in [7, 11) is 0. The molecule has 2 aromatic rings. The Balaban J connectivity index is 2.61. The van der Waals surface area contributed by atoms with Crippen molar-refractivity contribution < 1.29 is 10.2 Å². The first kappa shape index (κ1) is 21.3. The van der Waals surface area contributed by atoms with E-state index in [1.807, 2.05) is 18.2 Å². The van der Waals surface area contributed by atoms with E-state index in [1.54, 1.807) is 0 Å². The minimum absolute atomic E-state index is 0.109. The third-order valence-electron chi connectivity index (χ3n) is 5.11. The Bertz CT molecular complexity index is 790. The van der Waals surface area contributed by atoms with Crippen LogP contribution in [0.5, 0.6) is 11.5 Å². The Morgan fingerprint density at radius 3 is 1.48 bits per heavy atom. The SMILES string of the molecule is CC(C)(C)c1cccc(Cc2cc(C(C)(C)C)c(O)c(C(C)(C)C)c2)c1O. The minimum atomic E-state index is -0.157. The largest absolute Gasteiger partial charge is 0.507 e. The molecule has 0 aliphatic rings. The summed E-state index contributed by atoms with van der Waals surface area (Å²) in [4.78, 5) is 0. The molecule has 148 valence electrons. The predicted octanol–water partition coefficient (Wildman–Crippen LogP) is 6.58. The monoisotopic (exact) mass is 368 g/mol. The molecular weight excluding hydrogens is 332 g/mol. The summed E-state index contributed by atoms with van der Waals surface area (Å²) in [6.07, 6.45) is 0.641. The lowest BCUT2D eigenvalue weighted by atomic mass is 9.77. The minimum Gasteiger partial charge on any atom is -0.507 e. The van der Waals surface area contributed by atoms with E-state index < -0.39 is 0 Å². The van der Waals surface area contributed by atoms with Gasteiger partial charge < -0.3 is 10.2 Å². The molecule has 2 rings (SSSR count). The summed E-state index contributed by atoms with van der Waals surface area (Å²) in [6.45, 7) is 19.1. The molecule has 0 heterocycles. The highest BCUT2D eigenvalue weighted by atomic mass is 16.3. The zero-order chi connectivity index (χ0) is 20.8. The first-order valence-electron chi connectivity index (χ1n) is 9.80. The second-order valence-corrected chi connectivity index (χ2v) is 10.8. The second-order valence-electron chi connectivity index (χ2n) is 10.8. The number of benzene rings is 2. The van der Waals surface area contributed by atoms with E-state index in [-0.39, 0.29) is 16.2 Å². The van der Waals surface area contributed by atoms with Crippen molar-refractivity contribution in [3.8, 4) is 11.5 Å². The number of aromatic hydroxyl groups is 2. The molecule has 2 heteroatoms. The lowest BCUT2D eigenvalue weighted by Gasteiger charge is -2.28. The molecule has 0 bridgehead atoms. The maximum atomic E-state index is 10.9. The van der Waals surface area contributed by atoms with Crippen molar-refractivity contribution in [2.75, 3.05) is 0 Å². The Morgan fingerprint density at radius 1 is 0.630 bits per heavy atom. The molecule has 0 aromatic heterocycles. The quantitative estimate of drug-likeness (QED) is 0.628. The van der Waals surface area contributed by atoms with Crippen LogP contribution in [0.2, 0.25) is 0 Å². The Hall–Kier alpha value is -1.96. The average molecular weight is 369 g/mol. The molecular formula is C25H36O2. The number of phenolic OH excluding ortho intramolecular Hbond substituents is 2. The van der Waals surface area contributed by atoms with E-state index in [4.69, 9.17) is 0 Å². The summed E-state index contributed by atoms with van der Waals surface area (Å²) in [6, 6.07) is 10.2. The topological polar surface area (TPSA) is 40.5 Å². The molecule has 0 spiro atoms. The summed E-state index contributed by atoms with van der Waals surface area (Å²) in [5, 5.41) is 21.8. The maximum absolute atomic E-state index is 10.9. The normalized spacial score (nSPS) is 13.1. The van der Waals surface area contributed by atoms with Crippen molar-refractivity contribution >= 4 is 0 Å². The van der Waals surface area contributed by atoms with E-state index in [9.17, 15) is 10.2 Å². The zero-order valence-electron chi connectivity index (χ0n) is 18.5. The van der Waals surface area contributed by atoms with Crippen molar-refractivity contribution in [2.24, 2.45) is 0 Å². The fourth-order valence-corrected chi connectivity index (χ4v) is 3.50. The summed E-state index contributed by atoms with van der Waals surface area (Å²) < 4.78 is 0. The van der Waals surface area contributed by atoms with Gasteiger partial charge in [-0.05, 0) is 44.1 Å². The molecule has 0 aliphatic heterocycles. The standard InChI is InChI=1S/C25H36O2/c1-23(2,3)18-12-10-11-17(21(18)26)13-16-14-19(24(4,5)6)22(27)20(15-16)25(7,8)9/h10-12,14-15,26-27H,13H2,1-9H3. The van der Waals surface area contributed by atoms with Gasteiger partial charge in [0.25, 0.3) is 0 Å². The first-order valence-corrected chi connectivity index (χ1v) is 9.80. The molecule has 0 aliphatic carbocycles. The molecule has 2 N–H and O–H groups in total. The number of para-hydroxylation sites is 1. The molecule has 0 radical (unpaired) electrons. The Labute approximate surface area is 165 Å². The van der Waals surface area contributed by atoms with Crippen molar-refractivity contribution in [1.29, 1.82) is 0 Å². The molecule has 0 unspecified atom stereocenters. The van der Waals surface area contributed by atoms with Crippen LogP contribution in [0.4, 0.5) is 0 Å². The maximum Gasteiger partial charge on any atom is 0.123 e. The van der Waals surface area contributed by atoms with Crippen LogP contribution in [-0.2, 0) is 22.7 Å². The van der Waals surface area contributed by atoms with Crippen molar-refractivity contribution in [2.45, 2.75) is 85.0 Å². The van der Waals surface area contributed by atoms with E-state index in [1.165, 1.54) is 0 Å². The fourth-order valence-electron chi connectivity index (χ4n) is 3.50. The van der Waals surface area contributed by atoms with Crippen molar-refractivity contribution in [3.05, 3.63) is 58.1 Å². The lowest BCUT2D eigenvalue weighted by Crippen LogP contribution is -2.18. The van der Waals surface area contributed by atoms with Gasteiger partial charge in [-0.15, -0.1) is 0 Å². The molecule has 0 atom stereocenters. The molecule has 0 saturated heterocycles. The van der Waals surface area contributed by atoms with Crippen LogP contribution >= 0.6 is 0 Å². The highest BCUT2D eigenvalue weighted by molar-refractivity contribution is 5.52. The molecule has 27 heavy (non-hydrogen) atoms. The van der Waals surface area contributed by atoms with Gasteiger partial charge in [-0.2, -0.15) is 0 Å². The number of phenols is 2. The van der Waals surface area contributed by atoms with Crippen LogP contribution < -0.4 is 0 Å². The van der Waals surface area contributed by atoms with Crippen LogP contribution in [0.3, 0.4) is 0 Å². The third kappa shape index (κ3) is 4.66. The zero-order valence-corrected chi connectivity index (χ0v) is 18.5. The van der Waals surface area contributed by atoms with E-state index in [2.05, 4.69) is 74.4 Å². The number of rotatable bonds is 2. The lowest BCUT2D eigenvalue weighted by molar-refractivity contribution is 0.422. The van der Waals surface area contributed by atoms with E-state index >= 15 is 0 Å². The van der Waals surface area contributed by atoms with Gasteiger partial charge in [-0.1, -0.05) is 92.6 Å². The van der Waals surface area contributed by atoms with Crippen LogP contribution in [0.1, 0.15) is 90.1 Å². The van der Waals surface area contributed by atoms with Gasteiger partial charge >= 0.3 is 0 Å². The van der Waals surface area contributed by atoms with Gasteiger partial charge in [0.2, 0.25) is 0 Å². The molecule has 0 amide bonds. The molecule has 2 aromatic carbocycles. The van der Waals surface area contributed by atoms with Gasteiger partial charge in [0.1, 0.15) is 11.5 Å². The average Bonchev–Trinajstić information content (AvgIpc) is 2.47. The van der Waals surface area contributed by atoms with Crippen LogP contribution in [0, 0.1) is 0 Å². The third-order valence-corrected chi connectivity index (χ3v) is 5.11. The summed E-state index contributed by atoms with van der Waals surface area (Å²) in [5.41, 5.74) is 4.49. The highest BCUT2D eigenvalue weighted by Crippen LogP contribution is 2.41. The Kier molecular flexibility index (Phi) is 5.45. The van der Waals surface area contributed by atoms with E-state index in [0.29, 0.717) is 17.9 Å². The number of hydrogen-bond donors (Lipinski definition) is 2.